The summed E-state index contributed by atoms with van der Waals surface area (Å²) < 4.78 is 38.3. The first kappa shape index (κ1) is 18.5. The van der Waals surface area contributed by atoms with E-state index in [2.05, 4.69) is 20.3 Å². The number of nitrogens with two attached hydrogens (primary N) is 1. The summed E-state index contributed by atoms with van der Waals surface area (Å²) >= 11 is 7.43. The highest BCUT2D eigenvalue weighted by Gasteiger charge is 2.30. The molecule has 0 fully saturated rings. The van der Waals surface area contributed by atoms with E-state index in [1.54, 1.807) is 24.3 Å². The summed E-state index contributed by atoms with van der Waals surface area (Å²) in [7, 11) is 0. The van der Waals surface area contributed by atoms with Crippen molar-refractivity contribution in [2.75, 3.05) is 11.1 Å². The lowest BCUT2D eigenvalue weighted by Crippen LogP contribution is -2.05. The van der Waals surface area contributed by atoms with E-state index in [1.807, 2.05) is 0 Å². The van der Waals surface area contributed by atoms with Crippen LogP contribution < -0.4 is 11.1 Å². The number of thiazole rings is 1. The minimum Gasteiger partial charge on any atom is -0.375 e. The van der Waals surface area contributed by atoms with Crippen LogP contribution in [0.25, 0.3) is 21.7 Å². The third kappa shape index (κ3) is 3.58. The van der Waals surface area contributed by atoms with Gasteiger partial charge in [0.25, 0.3) is 0 Å². The smallest absolute Gasteiger partial charge is 0.375 e. The second-order valence-electron chi connectivity index (χ2n) is 5.78. The number of alkyl halides is 3. The summed E-state index contributed by atoms with van der Waals surface area (Å²) in [6.07, 6.45) is -4.40. The number of hydrogen-bond acceptors (Lipinski definition) is 6. The first-order valence-corrected chi connectivity index (χ1v) is 9.14. The van der Waals surface area contributed by atoms with E-state index in [0.29, 0.717) is 43.4 Å². The van der Waals surface area contributed by atoms with Crippen LogP contribution in [0, 0.1) is 0 Å². The van der Waals surface area contributed by atoms with Crippen molar-refractivity contribution in [3.63, 3.8) is 0 Å². The van der Waals surface area contributed by atoms with E-state index in [1.165, 1.54) is 23.5 Å². The molecule has 2 aromatic heterocycles. The highest BCUT2D eigenvalue weighted by molar-refractivity contribution is 7.21. The fourth-order valence-electron chi connectivity index (χ4n) is 2.57. The second-order valence-corrected chi connectivity index (χ2v) is 7.20. The molecule has 3 N–H and O–H groups in total. The van der Waals surface area contributed by atoms with Gasteiger partial charge in [-0.25, -0.2) is 15.0 Å². The molecule has 0 unspecified atom stereocenters. The van der Waals surface area contributed by atoms with Gasteiger partial charge in [0.2, 0.25) is 0 Å². The maximum atomic E-state index is 12.8. The van der Waals surface area contributed by atoms with E-state index in [9.17, 15) is 13.2 Å². The third-order valence-corrected chi connectivity index (χ3v) is 4.97. The molecule has 0 aliphatic heterocycles. The monoisotopic (exact) mass is 421 g/mol. The number of benzene rings is 2. The molecular formula is C18H11ClF3N5S. The highest BCUT2D eigenvalue weighted by atomic mass is 35.5. The van der Waals surface area contributed by atoms with Crippen LogP contribution >= 0.6 is 22.9 Å². The van der Waals surface area contributed by atoms with Crippen molar-refractivity contribution < 1.29 is 13.2 Å². The average Bonchev–Trinajstić information content (AvgIpc) is 3.02. The van der Waals surface area contributed by atoms with Gasteiger partial charge >= 0.3 is 6.18 Å². The Kier molecular flexibility index (Phi) is 4.56. The summed E-state index contributed by atoms with van der Waals surface area (Å²) in [6.45, 7) is 0. The zero-order chi connectivity index (χ0) is 19.9. The molecule has 4 aromatic rings. The lowest BCUT2D eigenvalue weighted by Gasteiger charge is -2.11. The molecule has 2 heterocycles. The topological polar surface area (TPSA) is 76.7 Å². The van der Waals surface area contributed by atoms with Crippen molar-refractivity contribution in [1.29, 1.82) is 0 Å². The minimum atomic E-state index is -4.40. The SMILES string of the molecule is Nc1nc2c(Nc3ccc(C(F)(F)F)cc3)nc(-c3ccccc3Cl)nc2s1. The molecule has 0 amide bonds. The Morgan fingerprint density at radius 2 is 1.68 bits per heavy atom. The Hall–Kier alpha value is -2.91. The Bertz CT molecular complexity index is 1160. The molecule has 0 radical (unpaired) electrons. The number of hydrogen-bond donors (Lipinski definition) is 2. The Labute approximate surface area is 166 Å². The van der Waals surface area contributed by atoms with Crippen LogP contribution in [-0.2, 0) is 6.18 Å². The van der Waals surface area contributed by atoms with E-state index in [-0.39, 0.29) is 0 Å². The van der Waals surface area contributed by atoms with Gasteiger partial charge < -0.3 is 11.1 Å². The van der Waals surface area contributed by atoms with Crippen LogP contribution in [0.4, 0.5) is 29.8 Å². The molecule has 0 aliphatic carbocycles. The quantitative estimate of drug-likeness (QED) is 0.440. The summed E-state index contributed by atoms with van der Waals surface area (Å²) in [4.78, 5) is 13.7. The van der Waals surface area contributed by atoms with Gasteiger partial charge in [-0.1, -0.05) is 35.1 Å². The number of halogens is 4. The number of fused-ring (bicyclic) bond motifs is 1. The summed E-state index contributed by atoms with van der Waals surface area (Å²) in [6, 6.07) is 11.7. The van der Waals surface area contributed by atoms with Crippen LogP contribution in [0.15, 0.2) is 48.5 Å². The summed E-state index contributed by atoms with van der Waals surface area (Å²) in [5, 5.41) is 3.77. The van der Waals surface area contributed by atoms with E-state index >= 15 is 0 Å². The zero-order valence-electron chi connectivity index (χ0n) is 14.0. The van der Waals surface area contributed by atoms with Crippen molar-refractivity contribution >= 4 is 49.9 Å². The van der Waals surface area contributed by atoms with Gasteiger partial charge in [0.15, 0.2) is 21.6 Å². The maximum absolute atomic E-state index is 12.8. The maximum Gasteiger partial charge on any atom is 0.416 e. The molecule has 0 atom stereocenters. The number of nitrogens with zero attached hydrogens (tertiary/aromatic N) is 3. The largest absolute Gasteiger partial charge is 0.416 e. The van der Waals surface area contributed by atoms with Gasteiger partial charge in [-0.2, -0.15) is 13.2 Å². The van der Waals surface area contributed by atoms with Crippen molar-refractivity contribution in [1.82, 2.24) is 15.0 Å². The Morgan fingerprint density at radius 1 is 0.964 bits per heavy atom. The lowest BCUT2D eigenvalue weighted by atomic mass is 10.2. The fourth-order valence-corrected chi connectivity index (χ4v) is 3.49. The van der Waals surface area contributed by atoms with Crippen LogP contribution in [0.5, 0.6) is 0 Å². The second kappa shape index (κ2) is 6.92. The molecular weight excluding hydrogens is 411 g/mol. The standard InChI is InChI=1S/C18H11ClF3N5S/c19-12-4-2-1-3-11(12)14-26-15(13-16(27-14)28-17(23)25-13)24-10-7-5-9(6-8-10)18(20,21)22/h1-8H,(H2,23,25)(H,24,26,27). The molecule has 0 aliphatic rings. The first-order valence-electron chi connectivity index (χ1n) is 7.94. The normalized spacial score (nSPS) is 11.7. The number of nitrogens with one attached hydrogen (secondary N) is 1. The molecule has 10 heteroatoms. The van der Waals surface area contributed by atoms with Gasteiger partial charge in [0.05, 0.1) is 10.6 Å². The van der Waals surface area contributed by atoms with Gasteiger partial charge in [-0.05, 0) is 36.4 Å². The van der Waals surface area contributed by atoms with E-state index < -0.39 is 11.7 Å². The van der Waals surface area contributed by atoms with Gasteiger partial charge in [0.1, 0.15) is 5.52 Å². The predicted octanol–water partition coefficient (Wildman–Crippen LogP) is 5.75. The molecule has 5 nitrogen and oxygen atoms in total. The van der Waals surface area contributed by atoms with Crippen molar-refractivity contribution in [3.8, 4) is 11.4 Å². The van der Waals surface area contributed by atoms with Crippen molar-refractivity contribution in [3.05, 3.63) is 59.1 Å². The molecule has 0 bridgehead atoms. The third-order valence-electron chi connectivity index (χ3n) is 3.86. The predicted molar refractivity (Wildman–Crippen MR) is 105 cm³/mol. The number of aromatic nitrogens is 3. The number of rotatable bonds is 3. The van der Waals surface area contributed by atoms with E-state index in [4.69, 9.17) is 17.3 Å². The van der Waals surface area contributed by atoms with Gasteiger partial charge in [-0.3, -0.25) is 0 Å². The highest BCUT2D eigenvalue weighted by Crippen LogP contribution is 2.34. The zero-order valence-corrected chi connectivity index (χ0v) is 15.5. The number of nitrogen functional groups attached to an aromatic ring is 1. The lowest BCUT2D eigenvalue weighted by molar-refractivity contribution is -0.137. The molecule has 0 saturated heterocycles. The minimum absolute atomic E-state index is 0.302. The van der Waals surface area contributed by atoms with Crippen LogP contribution in [0.2, 0.25) is 5.02 Å². The molecule has 0 saturated carbocycles. The van der Waals surface area contributed by atoms with Crippen molar-refractivity contribution in [2.45, 2.75) is 6.18 Å². The molecule has 0 spiro atoms. The molecule has 28 heavy (non-hydrogen) atoms. The Balaban J connectivity index is 1.78. The first-order chi connectivity index (χ1) is 13.3. The van der Waals surface area contributed by atoms with Crippen LogP contribution in [0.1, 0.15) is 5.56 Å². The number of anilines is 3. The molecule has 142 valence electrons. The van der Waals surface area contributed by atoms with Crippen LogP contribution in [-0.4, -0.2) is 15.0 Å². The van der Waals surface area contributed by atoms with Crippen LogP contribution in [0.3, 0.4) is 0 Å². The molecule has 4 rings (SSSR count). The van der Waals surface area contributed by atoms with Gasteiger partial charge in [0, 0.05) is 11.3 Å². The Morgan fingerprint density at radius 3 is 2.36 bits per heavy atom. The summed E-state index contributed by atoms with van der Waals surface area (Å²) in [5.41, 5.74) is 6.53. The molecule has 2 aromatic carbocycles. The van der Waals surface area contributed by atoms with E-state index in [0.717, 1.165) is 12.1 Å². The van der Waals surface area contributed by atoms with Crippen molar-refractivity contribution in [2.24, 2.45) is 0 Å². The van der Waals surface area contributed by atoms with Gasteiger partial charge in [-0.15, -0.1) is 0 Å². The fraction of sp³-hybridized carbons (Fsp3) is 0.0556. The summed E-state index contributed by atoms with van der Waals surface area (Å²) in [5.74, 6) is 0.684. The average molecular weight is 422 g/mol.